The summed E-state index contributed by atoms with van der Waals surface area (Å²) in [4.78, 5) is 2.16. The fourth-order valence-corrected chi connectivity index (χ4v) is 4.97. The second kappa shape index (κ2) is 5.83. The zero-order valence-corrected chi connectivity index (χ0v) is 17.9. The first-order valence-corrected chi connectivity index (χ1v) is 10.2. The molecule has 0 bridgehead atoms. The van der Waals surface area contributed by atoms with Crippen LogP contribution in [0.1, 0.15) is 25.0 Å². The van der Waals surface area contributed by atoms with Gasteiger partial charge in [0.05, 0.1) is 11.1 Å². The molecule has 2 aliphatic rings. The van der Waals surface area contributed by atoms with Gasteiger partial charge in [-0.3, -0.25) is 4.57 Å². The summed E-state index contributed by atoms with van der Waals surface area (Å²) in [5, 5.41) is 20.3. The summed E-state index contributed by atoms with van der Waals surface area (Å²) < 4.78 is 9.07. The Labute approximate surface area is 177 Å². The molecular weight excluding hydrogens is 432 g/mol. The van der Waals surface area contributed by atoms with E-state index in [9.17, 15) is 10.2 Å². The molecule has 2 aromatic carbocycles. The van der Waals surface area contributed by atoms with Crippen molar-refractivity contribution in [3.8, 4) is 23.2 Å². The SMILES string of the molecule is CN1c2ccc(-n3c(O)ccc3O)cc2C(C)(C)C12C=Cc1cc(Br)ccc1O2. The van der Waals surface area contributed by atoms with Gasteiger partial charge in [-0.1, -0.05) is 15.9 Å². The number of benzene rings is 2. The Hall–Kier alpha value is -2.86. The van der Waals surface area contributed by atoms with Crippen molar-refractivity contribution >= 4 is 27.7 Å². The highest BCUT2D eigenvalue weighted by Crippen LogP contribution is 2.54. The zero-order chi connectivity index (χ0) is 20.6. The minimum absolute atomic E-state index is 0.00497. The maximum Gasteiger partial charge on any atom is 0.211 e. The van der Waals surface area contributed by atoms with Crippen LogP contribution in [0.15, 0.2) is 59.1 Å². The lowest BCUT2D eigenvalue weighted by Crippen LogP contribution is -2.58. The van der Waals surface area contributed by atoms with Crippen molar-refractivity contribution in [3.63, 3.8) is 0 Å². The molecule has 3 heterocycles. The number of likely N-dealkylation sites (N-methyl/N-ethyl adjacent to an activating group) is 1. The van der Waals surface area contributed by atoms with E-state index in [-0.39, 0.29) is 11.8 Å². The highest BCUT2D eigenvalue weighted by molar-refractivity contribution is 9.10. The Morgan fingerprint density at radius 2 is 1.69 bits per heavy atom. The first-order chi connectivity index (χ1) is 13.7. The molecule has 1 aromatic heterocycles. The van der Waals surface area contributed by atoms with Gasteiger partial charge in [-0.25, -0.2) is 0 Å². The highest BCUT2D eigenvalue weighted by Gasteiger charge is 2.57. The quantitative estimate of drug-likeness (QED) is 0.533. The Morgan fingerprint density at radius 3 is 2.41 bits per heavy atom. The molecule has 0 saturated carbocycles. The van der Waals surface area contributed by atoms with E-state index in [1.54, 1.807) is 0 Å². The number of hydrogen-bond acceptors (Lipinski definition) is 4. The third kappa shape index (κ3) is 2.32. The molecule has 0 radical (unpaired) electrons. The second-order valence-corrected chi connectivity index (χ2v) is 9.00. The number of ether oxygens (including phenoxy) is 1. The van der Waals surface area contributed by atoms with Gasteiger partial charge in [0.1, 0.15) is 5.75 Å². The van der Waals surface area contributed by atoms with Crippen molar-refractivity contribution in [3.05, 3.63) is 70.2 Å². The van der Waals surface area contributed by atoms with E-state index in [2.05, 4.69) is 46.8 Å². The van der Waals surface area contributed by atoms with Crippen LogP contribution in [-0.4, -0.2) is 27.6 Å². The predicted molar refractivity (Wildman–Crippen MR) is 117 cm³/mol. The topological polar surface area (TPSA) is 57.9 Å². The van der Waals surface area contributed by atoms with Crippen LogP contribution in [0.25, 0.3) is 11.8 Å². The monoisotopic (exact) mass is 452 g/mol. The molecule has 0 saturated heterocycles. The zero-order valence-electron chi connectivity index (χ0n) is 16.3. The van der Waals surface area contributed by atoms with E-state index >= 15 is 0 Å². The molecule has 148 valence electrons. The molecule has 5 nitrogen and oxygen atoms in total. The van der Waals surface area contributed by atoms with Crippen LogP contribution in [0.4, 0.5) is 5.69 Å². The smallest absolute Gasteiger partial charge is 0.211 e. The van der Waals surface area contributed by atoms with Gasteiger partial charge in [0, 0.05) is 34.9 Å². The first kappa shape index (κ1) is 18.2. The summed E-state index contributed by atoms with van der Waals surface area (Å²) >= 11 is 3.52. The van der Waals surface area contributed by atoms with Crippen LogP contribution in [0, 0.1) is 0 Å². The number of aromatic nitrogens is 1. The van der Waals surface area contributed by atoms with Crippen LogP contribution in [0.3, 0.4) is 0 Å². The normalized spacial score (nSPS) is 21.2. The Morgan fingerprint density at radius 1 is 0.966 bits per heavy atom. The Bertz CT molecular complexity index is 1160. The molecule has 1 unspecified atom stereocenters. The summed E-state index contributed by atoms with van der Waals surface area (Å²) in [6, 6.07) is 14.9. The molecule has 1 spiro atoms. The summed E-state index contributed by atoms with van der Waals surface area (Å²) in [7, 11) is 2.03. The molecular formula is C23H21BrN2O3. The highest BCUT2D eigenvalue weighted by atomic mass is 79.9. The van der Waals surface area contributed by atoms with Crippen molar-refractivity contribution in [2.45, 2.75) is 25.0 Å². The Balaban J connectivity index is 1.65. The van der Waals surface area contributed by atoms with Gasteiger partial charge in [-0.2, -0.15) is 0 Å². The number of rotatable bonds is 1. The molecule has 0 fully saturated rings. The molecule has 0 aliphatic carbocycles. The molecule has 6 heteroatoms. The molecule has 2 N–H and O–H groups in total. The molecule has 29 heavy (non-hydrogen) atoms. The number of halogens is 1. The largest absolute Gasteiger partial charge is 0.494 e. The lowest BCUT2D eigenvalue weighted by Gasteiger charge is -2.45. The van der Waals surface area contributed by atoms with Gasteiger partial charge in [0.2, 0.25) is 5.72 Å². The average molecular weight is 453 g/mol. The van der Waals surface area contributed by atoms with Crippen molar-refractivity contribution in [1.82, 2.24) is 4.57 Å². The minimum atomic E-state index is -0.685. The number of anilines is 1. The number of fused-ring (bicyclic) bond motifs is 2. The Kier molecular flexibility index (Phi) is 3.65. The standard InChI is InChI=1S/C23H21BrN2O3/c1-22(2)17-13-16(26-20(27)8-9-21(26)28)5-6-18(17)25(3)23(22)11-10-14-12-15(24)4-7-19(14)29-23/h4-13,27-28H,1-3H3. The third-order valence-electron chi connectivity index (χ3n) is 6.23. The summed E-state index contributed by atoms with van der Waals surface area (Å²) in [5.74, 6) is 0.827. The van der Waals surface area contributed by atoms with Crippen LogP contribution in [0.2, 0.25) is 0 Å². The van der Waals surface area contributed by atoms with Crippen molar-refractivity contribution < 1.29 is 14.9 Å². The average Bonchev–Trinajstić information content (AvgIpc) is 3.10. The van der Waals surface area contributed by atoms with Crippen molar-refractivity contribution in [2.24, 2.45) is 0 Å². The van der Waals surface area contributed by atoms with Crippen molar-refractivity contribution in [2.75, 3.05) is 11.9 Å². The summed E-state index contributed by atoms with van der Waals surface area (Å²) in [6.45, 7) is 4.31. The fourth-order valence-electron chi connectivity index (χ4n) is 4.59. The minimum Gasteiger partial charge on any atom is -0.494 e. The van der Waals surface area contributed by atoms with Gasteiger partial charge in [0.25, 0.3) is 0 Å². The van der Waals surface area contributed by atoms with Gasteiger partial charge in [-0.05, 0) is 68.0 Å². The first-order valence-electron chi connectivity index (χ1n) is 9.41. The summed E-state index contributed by atoms with van der Waals surface area (Å²) in [6.07, 6.45) is 4.23. The van der Waals surface area contributed by atoms with E-state index in [0.29, 0.717) is 5.69 Å². The number of hydrogen-bond donors (Lipinski definition) is 2. The van der Waals surface area contributed by atoms with Crippen LogP contribution in [-0.2, 0) is 5.41 Å². The van der Waals surface area contributed by atoms with Gasteiger partial charge < -0.3 is 19.8 Å². The summed E-state index contributed by atoms with van der Waals surface area (Å²) in [5.41, 5.74) is 2.78. The lowest BCUT2D eigenvalue weighted by molar-refractivity contribution is 0.0581. The van der Waals surface area contributed by atoms with Crippen LogP contribution < -0.4 is 9.64 Å². The maximum atomic E-state index is 10.1. The number of nitrogens with zero attached hydrogens (tertiary/aromatic N) is 2. The molecule has 3 aromatic rings. The van der Waals surface area contributed by atoms with E-state index in [0.717, 1.165) is 27.0 Å². The predicted octanol–water partition coefficient (Wildman–Crippen LogP) is 5.18. The second-order valence-electron chi connectivity index (χ2n) is 8.08. The molecule has 5 rings (SSSR count). The molecule has 0 amide bonds. The maximum absolute atomic E-state index is 10.1. The number of aromatic hydroxyl groups is 2. The van der Waals surface area contributed by atoms with E-state index in [1.807, 2.05) is 43.4 Å². The van der Waals surface area contributed by atoms with Gasteiger partial charge in [-0.15, -0.1) is 0 Å². The lowest BCUT2D eigenvalue weighted by atomic mass is 9.76. The van der Waals surface area contributed by atoms with E-state index < -0.39 is 11.1 Å². The fraction of sp³-hybridized carbons (Fsp3) is 0.217. The molecule has 2 aliphatic heterocycles. The third-order valence-corrected chi connectivity index (χ3v) is 6.73. The van der Waals surface area contributed by atoms with Gasteiger partial charge in [0.15, 0.2) is 11.8 Å². The van der Waals surface area contributed by atoms with Crippen LogP contribution >= 0.6 is 15.9 Å². The van der Waals surface area contributed by atoms with Crippen LogP contribution in [0.5, 0.6) is 17.5 Å². The molecule has 1 atom stereocenters. The van der Waals surface area contributed by atoms with E-state index in [4.69, 9.17) is 4.74 Å². The van der Waals surface area contributed by atoms with E-state index in [1.165, 1.54) is 16.7 Å². The van der Waals surface area contributed by atoms with Gasteiger partial charge >= 0.3 is 0 Å². The van der Waals surface area contributed by atoms with Crippen molar-refractivity contribution in [1.29, 1.82) is 0 Å².